The molecule has 4 saturated heterocycles. The van der Waals surface area contributed by atoms with E-state index in [1.54, 1.807) is 6.08 Å². The Labute approximate surface area is 226 Å². The minimum absolute atomic E-state index is 0.0701. The number of carbonyl (C=O) groups is 2. The molecule has 0 aromatic heterocycles. The molecule has 7 aliphatic rings. The van der Waals surface area contributed by atoms with E-state index in [-0.39, 0.29) is 31.8 Å². The summed E-state index contributed by atoms with van der Waals surface area (Å²) in [5, 5.41) is 21.2. The highest BCUT2D eigenvalue weighted by molar-refractivity contribution is 5.83. The molecule has 5 heterocycles. The fraction of sp³-hybridized carbons (Fsp3) is 0.724. The maximum Gasteiger partial charge on any atom is 0.330 e. The van der Waals surface area contributed by atoms with Crippen LogP contribution in [0.1, 0.15) is 52.4 Å². The van der Waals surface area contributed by atoms with Crippen LogP contribution < -0.4 is 0 Å². The second-order valence-electron chi connectivity index (χ2n) is 12.4. The zero-order valence-corrected chi connectivity index (χ0v) is 22.3. The van der Waals surface area contributed by atoms with Crippen LogP contribution in [0.4, 0.5) is 0 Å². The van der Waals surface area contributed by atoms with Crippen LogP contribution in [-0.4, -0.2) is 90.0 Å². The number of aliphatic hydroxyl groups is 2. The van der Waals surface area contributed by atoms with Gasteiger partial charge in [-0.15, -0.1) is 0 Å². The van der Waals surface area contributed by atoms with Gasteiger partial charge in [-0.3, -0.25) is 0 Å². The highest BCUT2D eigenvalue weighted by Gasteiger charge is 2.83. The first kappa shape index (κ1) is 25.9. The molecule has 5 aliphatic heterocycles. The van der Waals surface area contributed by atoms with Crippen LogP contribution >= 0.6 is 0 Å². The largest absolute Gasteiger partial charge is 0.462 e. The fourth-order valence-electron chi connectivity index (χ4n) is 8.47. The molecule has 10 nitrogen and oxygen atoms in total. The summed E-state index contributed by atoms with van der Waals surface area (Å²) in [7, 11) is 0. The van der Waals surface area contributed by atoms with Crippen molar-refractivity contribution in [2.24, 2.45) is 10.8 Å². The predicted molar refractivity (Wildman–Crippen MR) is 133 cm³/mol. The smallest absolute Gasteiger partial charge is 0.330 e. The van der Waals surface area contributed by atoms with Gasteiger partial charge < -0.3 is 38.6 Å². The molecule has 0 aromatic rings. The van der Waals surface area contributed by atoms with Crippen molar-refractivity contribution in [2.45, 2.75) is 100 Å². The van der Waals surface area contributed by atoms with Gasteiger partial charge in [-0.25, -0.2) is 9.59 Å². The first-order valence-electron chi connectivity index (χ1n) is 14.0. The van der Waals surface area contributed by atoms with Gasteiger partial charge in [0.05, 0.1) is 30.8 Å². The fourth-order valence-corrected chi connectivity index (χ4v) is 8.47. The van der Waals surface area contributed by atoms with Gasteiger partial charge in [-0.2, -0.15) is 0 Å². The Balaban J connectivity index is 1.29. The Morgan fingerprint density at radius 2 is 1.82 bits per heavy atom. The first-order chi connectivity index (χ1) is 18.7. The molecule has 0 amide bonds. The van der Waals surface area contributed by atoms with E-state index in [0.717, 1.165) is 6.42 Å². The molecule has 5 fully saturated rings. The van der Waals surface area contributed by atoms with Crippen molar-refractivity contribution in [3.05, 3.63) is 35.5 Å². The number of esters is 2. The monoisotopic (exact) mass is 544 g/mol. The number of aliphatic hydroxyl groups excluding tert-OH is 2. The van der Waals surface area contributed by atoms with E-state index in [1.807, 2.05) is 0 Å². The molecule has 0 unspecified atom stereocenters. The number of epoxide rings is 1. The summed E-state index contributed by atoms with van der Waals surface area (Å²) in [6, 6.07) is 0. The lowest BCUT2D eigenvalue weighted by Gasteiger charge is -2.58. The molecule has 10 atom stereocenters. The Morgan fingerprint density at radius 1 is 1.00 bits per heavy atom. The topological polar surface area (TPSA) is 133 Å². The number of ether oxygens (including phenoxy) is 6. The number of carbonyl (C=O) groups excluding carboxylic acids is 2. The molecule has 1 saturated carbocycles. The lowest BCUT2D eigenvalue weighted by molar-refractivity contribution is -0.232. The van der Waals surface area contributed by atoms with Gasteiger partial charge in [0.15, 0.2) is 6.29 Å². The van der Waals surface area contributed by atoms with Crippen LogP contribution in [0.15, 0.2) is 35.5 Å². The number of hydrogen-bond acceptors (Lipinski definition) is 10. The summed E-state index contributed by atoms with van der Waals surface area (Å²) in [5.74, 6) is -1.000. The number of allylic oxidation sites excluding steroid dienone is 2. The van der Waals surface area contributed by atoms with E-state index in [9.17, 15) is 19.8 Å². The quantitative estimate of drug-likeness (QED) is 0.263. The molecule has 39 heavy (non-hydrogen) atoms. The molecule has 4 bridgehead atoms. The van der Waals surface area contributed by atoms with E-state index in [2.05, 4.69) is 19.9 Å². The molecule has 2 aliphatic carbocycles. The van der Waals surface area contributed by atoms with Crippen LogP contribution in [0, 0.1) is 10.8 Å². The third kappa shape index (κ3) is 3.42. The lowest BCUT2D eigenvalue weighted by atomic mass is 9.51. The van der Waals surface area contributed by atoms with Gasteiger partial charge in [0.25, 0.3) is 0 Å². The Morgan fingerprint density at radius 3 is 2.62 bits per heavy atom. The highest BCUT2D eigenvalue weighted by Crippen LogP contribution is 2.72. The maximum atomic E-state index is 13.4. The molecule has 2 N–H and O–H groups in total. The van der Waals surface area contributed by atoms with Crippen molar-refractivity contribution in [1.29, 1.82) is 0 Å². The molecular weight excluding hydrogens is 508 g/mol. The van der Waals surface area contributed by atoms with Crippen LogP contribution in [0.25, 0.3) is 0 Å². The number of hydrogen-bond donors (Lipinski definition) is 2. The van der Waals surface area contributed by atoms with Crippen molar-refractivity contribution in [3.63, 3.8) is 0 Å². The number of cyclic esters (lactones) is 1. The predicted octanol–water partition coefficient (Wildman–Crippen LogP) is 1.63. The van der Waals surface area contributed by atoms with E-state index in [4.69, 9.17) is 28.4 Å². The average molecular weight is 545 g/mol. The maximum absolute atomic E-state index is 13.4. The number of rotatable bonds is 0. The molecule has 0 radical (unpaired) electrons. The summed E-state index contributed by atoms with van der Waals surface area (Å²) in [6.07, 6.45) is 5.14. The van der Waals surface area contributed by atoms with Crippen molar-refractivity contribution in [2.75, 3.05) is 19.8 Å². The van der Waals surface area contributed by atoms with Crippen molar-refractivity contribution in [1.82, 2.24) is 0 Å². The van der Waals surface area contributed by atoms with Crippen LogP contribution in [0.3, 0.4) is 0 Å². The second kappa shape index (κ2) is 8.71. The second-order valence-corrected chi connectivity index (χ2v) is 12.4. The normalized spacial score (nSPS) is 53.0. The van der Waals surface area contributed by atoms with Gasteiger partial charge in [-0.1, -0.05) is 24.6 Å². The van der Waals surface area contributed by atoms with E-state index >= 15 is 0 Å². The molecule has 2 spiro atoms. The zero-order chi connectivity index (χ0) is 27.2. The SMILES string of the molecule is CC1=C[C@H]2O[C@@H]3C[C@H]4OC(=O)/C=C\CC[C@@]56OCC/C(=C/C(=O)OC[C@@]2(CC1)[C@]4(C)[C@]31CO1)[C@H]5O[C@@H](O)[C@@H]6O. The molecular formula is C29H36O10. The van der Waals surface area contributed by atoms with Crippen molar-refractivity contribution >= 4 is 11.9 Å². The van der Waals surface area contributed by atoms with E-state index in [1.165, 1.54) is 17.7 Å². The van der Waals surface area contributed by atoms with Gasteiger partial charge >= 0.3 is 11.9 Å². The standard InChI is InChI=1S/C29H36O10/c1-16-6-9-27-14-34-22(31)12-17-7-10-35-28(23(32)25(33)39-24(17)28)8-4-3-5-21(30)38-18-13-20(37-19(27)11-16)29(15-36-29)26(18,27)2/h3,5,11-12,18-20,23-25,32-33H,4,6-10,13-15H2,1-2H3/b5-3-,17-12-/t18-,19-,20-,23+,24-,25-,26-,27-,28+,29+/m1/s1. The minimum Gasteiger partial charge on any atom is -0.462 e. The molecule has 0 aromatic carbocycles. The summed E-state index contributed by atoms with van der Waals surface area (Å²) >= 11 is 0. The van der Waals surface area contributed by atoms with Crippen LogP contribution in [0.5, 0.6) is 0 Å². The van der Waals surface area contributed by atoms with Gasteiger partial charge in [0, 0.05) is 24.0 Å². The van der Waals surface area contributed by atoms with Gasteiger partial charge in [0.1, 0.15) is 36.1 Å². The summed E-state index contributed by atoms with van der Waals surface area (Å²) in [4.78, 5) is 26.5. The van der Waals surface area contributed by atoms with E-state index < -0.39 is 58.6 Å². The van der Waals surface area contributed by atoms with Crippen molar-refractivity contribution in [3.8, 4) is 0 Å². The Kier molecular flexibility index (Phi) is 5.77. The lowest BCUT2D eigenvalue weighted by Crippen LogP contribution is -2.66. The third-order valence-electron chi connectivity index (χ3n) is 10.8. The summed E-state index contributed by atoms with van der Waals surface area (Å²) in [6.45, 7) is 5.02. The van der Waals surface area contributed by atoms with Gasteiger partial charge in [-0.05, 0) is 44.6 Å². The Hall–Kier alpha value is -2.08. The Bertz CT molecular complexity index is 1170. The molecule has 212 valence electrons. The van der Waals surface area contributed by atoms with Gasteiger partial charge in [0.2, 0.25) is 0 Å². The minimum atomic E-state index is -1.46. The first-order valence-corrected chi connectivity index (χ1v) is 14.0. The van der Waals surface area contributed by atoms with E-state index in [0.29, 0.717) is 37.9 Å². The molecule has 7 rings (SSSR count). The van der Waals surface area contributed by atoms with Crippen LogP contribution in [0.2, 0.25) is 0 Å². The van der Waals surface area contributed by atoms with Crippen molar-refractivity contribution < 1.29 is 48.2 Å². The third-order valence-corrected chi connectivity index (χ3v) is 10.8. The molecule has 10 heteroatoms. The highest BCUT2D eigenvalue weighted by atomic mass is 16.7. The zero-order valence-electron chi connectivity index (χ0n) is 22.3. The average Bonchev–Trinajstić information content (AvgIpc) is 3.64. The van der Waals surface area contributed by atoms with Crippen LogP contribution in [-0.2, 0) is 38.0 Å². The summed E-state index contributed by atoms with van der Waals surface area (Å²) < 4.78 is 36.7. The summed E-state index contributed by atoms with van der Waals surface area (Å²) in [5.41, 5.74) is -1.29.